The summed E-state index contributed by atoms with van der Waals surface area (Å²) in [5.74, 6) is 1.64. The summed E-state index contributed by atoms with van der Waals surface area (Å²) in [6, 6.07) is 1.41. The van der Waals surface area contributed by atoms with Gasteiger partial charge in [-0.2, -0.15) is 4.39 Å². The minimum Gasteiger partial charge on any atom is -0.356 e. The SMILES string of the molecule is CC1CCN(c2cc(F)ncn2)CC1C. The summed E-state index contributed by atoms with van der Waals surface area (Å²) in [5.41, 5.74) is 0. The van der Waals surface area contributed by atoms with Gasteiger partial charge in [0.1, 0.15) is 12.1 Å². The number of anilines is 1. The van der Waals surface area contributed by atoms with E-state index in [1.54, 1.807) is 0 Å². The zero-order valence-electron chi connectivity index (χ0n) is 9.15. The van der Waals surface area contributed by atoms with Crippen LogP contribution < -0.4 is 4.90 Å². The van der Waals surface area contributed by atoms with E-state index in [0.717, 1.165) is 25.4 Å². The van der Waals surface area contributed by atoms with E-state index in [1.807, 2.05) is 0 Å². The van der Waals surface area contributed by atoms with Gasteiger partial charge in [0, 0.05) is 19.2 Å². The Balaban J connectivity index is 2.12. The molecule has 0 bridgehead atoms. The normalized spacial score (nSPS) is 26.7. The van der Waals surface area contributed by atoms with Crippen LogP contribution in [0.5, 0.6) is 0 Å². The monoisotopic (exact) mass is 209 g/mol. The fraction of sp³-hybridized carbons (Fsp3) is 0.636. The minimum atomic E-state index is -0.453. The quantitative estimate of drug-likeness (QED) is 0.663. The first-order valence-electron chi connectivity index (χ1n) is 5.39. The molecule has 0 saturated carbocycles. The highest BCUT2D eigenvalue weighted by Crippen LogP contribution is 2.25. The molecule has 0 spiro atoms. The second kappa shape index (κ2) is 4.13. The highest BCUT2D eigenvalue weighted by atomic mass is 19.1. The van der Waals surface area contributed by atoms with Gasteiger partial charge in [-0.05, 0) is 18.3 Å². The molecule has 82 valence electrons. The summed E-state index contributed by atoms with van der Waals surface area (Å²) in [6.07, 6.45) is 2.43. The van der Waals surface area contributed by atoms with E-state index in [-0.39, 0.29) is 0 Å². The van der Waals surface area contributed by atoms with Crippen molar-refractivity contribution in [2.24, 2.45) is 11.8 Å². The van der Waals surface area contributed by atoms with Crippen LogP contribution in [0.4, 0.5) is 10.2 Å². The average molecular weight is 209 g/mol. The highest BCUT2D eigenvalue weighted by molar-refractivity contribution is 5.37. The van der Waals surface area contributed by atoms with Gasteiger partial charge in [-0.1, -0.05) is 13.8 Å². The standard InChI is InChI=1S/C11H16FN3/c1-8-3-4-15(6-9(8)2)11-5-10(12)13-7-14-11/h5,7-9H,3-4,6H2,1-2H3. The maximum Gasteiger partial charge on any atom is 0.218 e. The third-order valence-corrected chi connectivity index (χ3v) is 3.28. The van der Waals surface area contributed by atoms with Gasteiger partial charge in [-0.15, -0.1) is 0 Å². The van der Waals surface area contributed by atoms with Gasteiger partial charge in [0.2, 0.25) is 5.95 Å². The molecule has 4 heteroatoms. The lowest BCUT2D eigenvalue weighted by Gasteiger charge is -2.35. The van der Waals surface area contributed by atoms with E-state index < -0.39 is 5.95 Å². The average Bonchev–Trinajstić information content (AvgIpc) is 2.22. The lowest BCUT2D eigenvalue weighted by Crippen LogP contribution is -2.38. The molecule has 2 atom stereocenters. The number of hydrogen-bond donors (Lipinski definition) is 0. The van der Waals surface area contributed by atoms with Gasteiger partial charge in [0.05, 0.1) is 0 Å². The molecule has 2 unspecified atom stereocenters. The predicted octanol–water partition coefficient (Wildman–Crippen LogP) is 2.10. The Morgan fingerprint density at radius 2 is 2.13 bits per heavy atom. The summed E-state index contributed by atoms with van der Waals surface area (Å²) >= 11 is 0. The Labute approximate surface area is 89.3 Å². The van der Waals surface area contributed by atoms with Gasteiger partial charge < -0.3 is 4.90 Å². The molecule has 0 amide bonds. The Morgan fingerprint density at radius 1 is 1.33 bits per heavy atom. The zero-order chi connectivity index (χ0) is 10.8. The fourth-order valence-corrected chi connectivity index (χ4v) is 1.97. The van der Waals surface area contributed by atoms with E-state index in [1.165, 1.54) is 12.4 Å². The van der Waals surface area contributed by atoms with E-state index in [2.05, 4.69) is 28.7 Å². The molecule has 2 heterocycles. The van der Waals surface area contributed by atoms with Gasteiger partial charge >= 0.3 is 0 Å². The topological polar surface area (TPSA) is 29.0 Å². The molecule has 1 aliphatic heterocycles. The van der Waals surface area contributed by atoms with Gasteiger partial charge in [-0.25, -0.2) is 9.97 Å². The maximum atomic E-state index is 12.9. The van der Waals surface area contributed by atoms with Crippen molar-refractivity contribution in [2.45, 2.75) is 20.3 Å². The first-order chi connectivity index (χ1) is 7.16. The molecule has 0 N–H and O–H groups in total. The lowest BCUT2D eigenvalue weighted by molar-refractivity contribution is 0.322. The molecular formula is C11H16FN3. The van der Waals surface area contributed by atoms with Gasteiger partial charge in [0.15, 0.2) is 0 Å². The number of nitrogens with zero attached hydrogens (tertiary/aromatic N) is 3. The maximum absolute atomic E-state index is 12.9. The highest BCUT2D eigenvalue weighted by Gasteiger charge is 2.23. The van der Waals surface area contributed by atoms with Gasteiger partial charge in [0.25, 0.3) is 0 Å². The van der Waals surface area contributed by atoms with Crippen LogP contribution in [0.15, 0.2) is 12.4 Å². The number of hydrogen-bond acceptors (Lipinski definition) is 3. The van der Waals surface area contributed by atoms with Crippen LogP contribution in [0, 0.1) is 17.8 Å². The molecule has 0 aromatic carbocycles. The second-order valence-electron chi connectivity index (χ2n) is 4.39. The molecule has 1 fully saturated rings. The third kappa shape index (κ3) is 2.25. The van der Waals surface area contributed by atoms with Crippen molar-refractivity contribution >= 4 is 5.82 Å². The number of piperidine rings is 1. The Bertz CT molecular complexity index is 342. The van der Waals surface area contributed by atoms with E-state index >= 15 is 0 Å². The molecule has 0 aliphatic carbocycles. The van der Waals surface area contributed by atoms with Crippen molar-refractivity contribution in [2.75, 3.05) is 18.0 Å². The van der Waals surface area contributed by atoms with Crippen molar-refractivity contribution in [3.63, 3.8) is 0 Å². The molecule has 15 heavy (non-hydrogen) atoms. The van der Waals surface area contributed by atoms with Crippen molar-refractivity contribution in [1.82, 2.24) is 9.97 Å². The van der Waals surface area contributed by atoms with Crippen LogP contribution in [0.25, 0.3) is 0 Å². The van der Waals surface area contributed by atoms with Crippen LogP contribution in [-0.2, 0) is 0 Å². The molecule has 1 aromatic rings. The Morgan fingerprint density at radius 3 is 2.80 bits per heavy atom. The molecule has 3 nitrogen and oxygen atoms in total. The van der Waals surface area contributed by atoms with Crippen molar-refractivity contribution in [3.05, 3.63) is 18.3 Å². The molecular weight excluding hydrogens is 193 g/mol. The minimum absolute atomic E-state index is 0.453. The van der Waals surface area contributed by atoms with Crippen LogP contribution in [0.3, 0.4) is 0 Å². The van der Waals surface area contributed by atoms with Crippen LogP contribution >= 0.6 is 0 Å². The largest absolute Gasteiger partial charge is 0.356 e. The van der Waals surface area contributed by atoms with E-state index in [0.29, 0.717) is 11.7 Å². The van der Waals surface area contributed by atoms with Crippen LogP contribution in [0.2, 0.25) is 0 Å². The first kappa shape index (κ1) is 10.3. The smallest absolute Gasteiger partial charge is 0.218 e. The summed E-state index contributed by atoms with van der Waals surface area (Å²) < 4.78 is 12.9. The Hall–Kier alpha value is -1.19. The summed E-state index contributed by atoms with van der Waals surface area (Å²) in [5, 5.41) is 0. The molecule has 1 saturated heterocycles. The third-order valence-electron chi connectivity index (χ3n) is 3.28. The summed E-state index contributed by atoms with van der Waals surface area (Å²) in [7, 11) is 0. The molecule has 1 aromatic heterocycles. The van der Waals surface area contributed by atoms with Gasteiger partial charge in [-0.3, -0.25) is 0 Å². The van der Waals surface area contributed by atoms with Crippen molar-refractivity contribution in [1.29, 1.82) is 0 Å². The Kier molecular flexibility index (Phi) is 2.84. The zero-order valence-corrected chi connectivity index (χ0v) is 9.15. The summed E-state index contributed by atoms with van der Waals surface area (Å²) in [4.78, 5) is 9.70. The van der Waals surface area contributed by atoms with Crippen LogP contribution in [0.1, 0.15) is 20.3 Å². The molecule has 2 rings (SSSR count). The van der Waals surface area contributed by atoms with Crippen molar-refractivity contribution < 1.29 is 4.39 Å². The summed E-state index contributed by atoms with van der Waals surface area (Å²) in [6.45, 7) is 6.41. The lowest BCUT2D eigenvalue weighted by atomic mass is 9.89. The first-order valence-corrected chi connectivity index (χ1v) is 5.39. The molecule has 1 aliphatic rings. The van der Waals surface area contributed by atoms with E-state index in [9.17, 15) is 4.39 Å². The number of aromatic nitrogens is 2. The number of rotatable bonds is 1. The predicted molar refractivity (Wildman–Crippen MR) is 57.1 cm³/mol. The van der Waals surface area contributed by atoms with E-state index in [4.69, 9.17) is 0 Å². The second-order valence-corrected chi connectivity index (χ2v) is 4.39. The fourth-order valence-electron chi connectivity index (χ4n) is 1.97. The van der Waals surface area contributed by atoms with Crippen LogP contribution in [-0.4, -0.2) is 23.1 Å². The molecule has 0 radical (unpaired) electrons. The number of halogens is 1. The van der Waals surface area contributed by atoms with Crippen molar-refractivity contribution in [3.8, 4) is 0 Å².